The molecule has 0 bridgehead atoms. The van der Waals surface area contributed by atoms with Gasteiger partial charge in [0.25, 0.3) is 0 Å². The highest BCUT2D eigenvalue weighted by Gasteiger charge is 2.32. The van der Waals surface area contributed by atoms with E-state index >= 15 is 0 Å². The third-order valence-corrected chi connectivity index (χ3v) is 4.03. The van der Waals surface area contributed by atoms with E-state index in [-0.39, 0.29) is 11.9 Å². The number of nitrogens with zero attached hydrogens (tertiary/aromatic N) is 1. The van der Waals surface area contributed by atoms with Crippen molar-refractivity contribution >= 4 is 11.7 Å². The molecule has 4 heteroatoms. The number of rotatable bonds is 3. The number of aromatic nitrogens is 1. The van der Waals surface area contributed by atoms with Gasteiger partial charge in [-0.1, -0.05) is 12.1 Å². The molecule has 1 fully saturated rings. The molecular weight excluding hydrogens is 240 g/mol. The Morgan fingerprint density at radius 1 is 1.42 bits per heavy atom. The van der Waals surface area contributed by atoms with E-state index in [0.717, 1.165) is 44.2 Å². The van der Waals surface area contributed by atoms with Crippen LogP contribution in [0.1, 0.15) is 55.1 Å². The molecule has 1 heterocycles. The first kappa shape index (κ1) is 12.5. The Balaban J connectivity index is 1.88. The van der Waals surface area contributed by atoms with Crippen LogP contribution in [0.2, 0.25) is 0 Å². The van der Waals surface area contributed by atoms with Crippen LogP contribution < -0.4 is 0 Å². The standard InChI is InChI=1S/C15H20N2O2/c1-3-11-9(2)16-12-5-4-6-13(14(11)12)17-19-15(18)10-7-8-10/h10,16H,3-8H2,1-2H3. The Labute approximate surface area is 113 Å². The average molecular weight is 260 g/mol. The number of H-pyrrole nitrogens is 1. The van der Waals surface area contributed by atoms with Crippen LogP contribution in [-0.4, -0.2) is 16.7 Å². The molecule has 0 saturated heterocycles. The quantitative estimate of drug-likeness (QED) is 0.671. The molecule has 2 aliphatic carbocycles. The van der Waals surface area contributed by atoms with Crippen LogP contribution in [0.25, 0.3) is 0 Å². The van der Waals surface area contributed by atoms with Crippen molar-refractivity contribution in [3.63, 3.8) is 0 Å². The summed E-state index contributed by atoms with van der Waals surface area (Å²) in [5, 5.41) is 4.15. The highest BCUT2D eigenvalue weighted by Crippen LogP contribution is 2.31. The number of hydrogen-bond donors (Lipinski definition) is 1. The van der Waals surface area contributed by atoms with Crippen molar-refractivity contribution < 1.29 is 9.63 Å². The van der Waals surface area contributed by atoms with Crippen LogP contribution in [0.4, 0.5) is 0 Å². The number of carbonyl (C=O) groups is 1. The van der Waals surface area contributed by atoms with Crippen LogP contribution in [0.3, 0.4) is 0 Å². The molecule has 102 valence electrons. The van der Waals surface area contributed by atoms with Crippen molar-refractivity contribution in [3.8, 4) is 0 Å². The van der Waals surface area contributed by atoms with E-state index in [1.807, 2.05) is 0 Å². The Morgan fingerprint density at radius 2 is 2.21 bits per heavy atom. The third kappa shape index (κ3) is 2.31. The van der Waals surface area contributed by atoms with Gasteiger partial charge in [0, 0.05) is 17.0 Å². The Kier molecular flexibility index (Phi) is 3.17. The summed E-state index contributed by atoms with van der Waals surface area (Å²) in [4.78, 5) is 20.1. The SMILES string of the molecule is CCc1c(C)[nH]c2c1C(=NOC(=O)C1CC1)CCC2. The van der Waals surface area contributed by atoms with Crippen LogP contribution in [0.15, 0.2) is 5.16 Å². The number of aryl methyl sites for hydroxylation is 2. The van der Waals surface area contributed by atoms with Gasteiger partial charge in [0.2, 0.25) is 0 Å². The maximum absolute atomic E-state index is 11.6. The number of fused-ring (bicyclic) bond motifs is 1. The summed E-state index contributed by atoms with van der Waals surface area (Å²) in [6.45, 7) is 4.25. The zero-order valence-corrected chi connectivity index (χ0v) is 11.6. The first-order chi connectivity index (χ1) is 9.20. The number of hydrogen-bond acceptors (Lipinski definition) is 3. The molecule has 19 heavy (non-hydrogen) atoms. The van der Waals surface area contributed by atoms with Crippen molar-refractivity contribution in [3.05, 3.63) is 22.5 Å². The summed E-state index contributed by atoms with van der Waals surface area (Å²) in [5.41, 5.74) is 5.93. The van der Waals surface area contributed by atoms with Gasteiger partial charge in [0.15, 0.2) is 0 Å². The number of oxime groups is 1. The van der Waals surface area contributed by atoms with Crippen molar-refractivity contribution in [2.75, 3.05) is 0 Å². The van der Waals surface area contributed by atoms with E-state index in [0.29, 0.717) is 0 Å². The molecule has 1 aromatic rings. The van der Waals surface area contributed by atoms with Gasteiger partial charge in [-0.2, -0.15) is 0 Å². The Hall–Kier alpha value is -1.58. The van der Waals surface area contributed by atoms with Crippen molar-refractivity contribution in [2.24, 2.45) is 11.1 Å². The van der Waals surface area contributed by atoms with E-state index in [1.165, 1.54) is 22.5 Å². The molecule has 3 rings (SSSR count). The summed E-state index contributed by atoms with van der Waals surface area (Å²) in [6, 6.07) is 0. The summed E-state index contributed by atoms with van der Waals surface area (Å²) >= 11 is 0. The summed E-state index contributed by atoms with van der Waals surface area (Å²) in [6.07, 6.45) is 5.92. The lowest BCUT2D eigenvalue weighted by Crippen LogP contribution is -2.14. The summed E-state index contributed by atoms with van der Waals surface area (Å²) < 4.78 is 0. The van der Waals surface area contributed by atoms with Gasteiger partial charge in [-0.3, -0.25) is 0 Å². The van der Waals surface area contributed by atoms with Crippen molar-refractivity contribution in [1.82, 2.24) is 4.98 Å². The predicted octanol–water partition coefficient (Wildman–Crippen LogP) is 2.88. The van der Waals surface area contributed by atoms with E-state index in [4.69, 9.17) is 4.84 Å². The Morgan fingerprint density at radius 3 is 2.89 bits per heavy atom. The molecule has 0 aliphatic heterocycles. The second-order valence-electron chi connectivity index (χ2n) is 5.51. The van der Waals surface area contributed by atoms with Gasteiger partial charge in [0.05, 0.1) is 11.6 Å². The van der Waals surface area contributed by atoms with Crippen molar-refractivity contribution in [1.29, 1.82) is 0 Å². The first-order valence-electron chi connectivity index (χ1n) is 7.19. The van der Waals surface area contributed by atoms with E-state index in [1.54, 1.807) is 0 Å². The fourth-order valence-corrected chi connectivity index (χ4v) is 2.85. The normalized spacial score (nSPS) is 20.4. The molecule has 0 atom stereocenters. The smallest absolute Gasteiger partial charge is 0.338 e. The molecule has 1 N–H and O–H groups in total. The molecule has 2 aliphatic rings. The molecule has 1 aromatic heterocycles. The van der Waals surface area contributed by atoms with E-state index < -0.39 is 0 Å². The van der Waals surface area contributed by atoms with Crippen LogP contribution >= 0.6 is 0 Å². The van der Waals surface area contributed by atoms with Gasteiger partial charge >= 0.3 is 5.97 Å². The van der Waals surface area contributed by atoms with Crippen LogP contribution in [0.5, 0.6) is 0 Å². The maximum atomic E-state index is 11.6. The molecule has 0 aromatic carbocycles. The van der Waals surface area contributed by atoms with Gasteiger partial charge in [0.1, 0.15) is 0 Å². The molecule has 0 amide bonds. The van der Waals surface area contributed by atoms with Gasteiger partial charge < -0.3 is 9.82 Å². The van der Waals surface area contributed by atoms with Crippen LogP contribution in [-0.2, 0) is 22.5 Å². The minimum Gasteiger partial charge on any atom is -0.362 e. The molecule has 1 saturated carbocycles. The molecule has 0 spiro atoms. The minimum atomic E-state index is -0.162. The molecular formula is C15H20N2O2. The predicted molar refractivity (Wildman–Crippen MR) is 73.2 cm³/mol. The largest absolute Gasteiger partial charge is 0.362 e. The fraction of sp³-hybridized carbons (Fsp3) is 0.600. The first-order valence-corrected chi connectivity index (χ1v) is 7.19. The lowest BCUT2D eigenvalue weighted by Gasteiger charge is -2.14. The highest BCUT2D eigenvalue weighted by molar-refractivity contribution is 6.04. The second-order valence-corrected chi connectivity index (χ2v) is 5.51. The number of nitrogens with one attached hydrogen (secondary N) is 1. The highest BCUT2D eigenvalue weighted by atomic mass is 16.7. The summed E-state index contributed by atoms with van der Waals surface area (Å²) in [5.74, 6) is -0.0593. The fourth-order valence-electron chi connectivity index (χ4n) is 2.85. The Bertz CT molecular complexity index is 539. The van der Waals surface area contributed by atoms with E-state index in [2.05, 4.69) is 24.0 Å². The molecule has 4 nitrogen and oxygen atoms in total. The van der Waals surface area contributed by atoms with Crippen molar-refractivity contribution in [2.45, 2.75) is 52.4 Å². The minimum absolute atomic E-state index is 0.103. The second kappa shape index (κ2) is 4.83. The lowest BCUT2D eigenvalue weighted by atomic mass is 9.92. The number of carbonyl (C=O) groups excluding carboxylic acids is 1. The van der Waals surface area contributed by atoms with Gasteiger partial charge in [-0.05, 0) is 51.0 Å². The zero-order valence-electron chi connectivity index (χ0n) is 11.6. The topological polar surface area (TPSA) is 54.4 Å². The average Bonchev–Trinajstić information content (AvgIpc) is 3.19. The monoisotopic (exact) mass is 260 g/mol. The summed E-state index contributed by atoms with van der Waals surface area (Å²) in [7, 11) is 0. The van der Waals surface area contributed by atoms with E-state index in [9.17, 15) is 4.79 Å². The number of aromatic amines is 1. The third-order valence-electron chi connectivity index (χ3n) is 4.03. The lowest BCUT2D eigenvalue weighted by molar-refractivity contribution is -0.145. The van der Waals surface area contributed by atoms with Gasteiger partial charge in [-0.15, -0.1) is 0 Å². The molecule has 0 unspecified atom stereocenters. The maximum Gasteiger partial charge on any atom is 0.338 e. The van der Waals surface area contributed by atoms with Crippen LogP contribution in [0, 0.1) is 12.8 Å². The van der Waals surface area contributed by atoms with Gasteiger partial charge in [-0.25, -0.2) is 4.79 Å². The zero-order chi connectivity index (χ0) is 13.4. The molecule has 0 radical (unpaired) electrons.